The first-order valence-electron chi connectivity index (χ1n) is 3.17. The number of carbonyl (C=O) groups excluding carboxylic acids is 1. The van der Waals surface area contributed by atoms with E-state index in [2.05, 4.69) is 4.74 Å². The van der Waals surface area contributed by atoms with Crippen LogP contribution >= 0.6 is 11.3 Å². The van der Waals surface area contributed by atoms with Gasteiger partial charge < -0.3 is 10.5 Å². The van der Waals surface area contributed by atoms with E-state index in [0.717, 1.165) is 17.6 Å². The molecule has 13 heavy (non-hydrogen) atoms. The summed E-state index contributed by atoms with van der Waals surface area (Å²) in [4.78, 5) is 10.3. The summed E-state index contributed by atoms with van der Waals surface area (Å²) in [5, 5.41) is 0.174. The SMILES string of the molecule is CS(=O)(=O)c1ccc(OC(N)=O)s1. The fourth-order valence-electron chi connectivity index (χ4n) is 0.657. The fraction of sp³-hybridized carbons (Fsp3) is 0.167. The Morgan fingerprint density at radius 2 is 2.15 bits per heavy atom. The van der Waals surface area contributed by atoms with Crippen LogP contribution in [-0.2, 0) is 9.84 Å². The Morgan fingerprint density at radius 3 is 2.54 bits per heavy atom. The maximum Gasteiger partial charge on any atom is 0.410 e. The highest BCUT2D eigenvalue weighted by Gasteiger charge is 2.11. The van der Waals surface area contributed by atoms with Crippen LogP contribution in [0.15, 0.2) is 16.3 Å². The lowest BCUT2D eigenvalue weighted by Gasteiger charge is -1.93. The van der Waals surface area contributed by atoms with Gasteiger partial charge in [-0.25, -0.2) is 13.2 Å². The first-order valence-corrected chi connectivity index (χ1v) is 5.87. The van der Waals surface area contributed by atoms with Crippen molar-refractivity contribution in [2.24, 2.45) is 5.73 Å². The molecule has 0 unspecified atom stereocenters. The molecule has 0 aliphatic heterocycles. The molecule has 0 spiro atoms. The zero-order valence-corrected chi connectivity index (χ0v) is 8.31. The molecule has 0 aromatic carbocycles. The highest BCUT2D eigenvalue weighted by molar-refractivity contribution is 7.92. The number of rotatable bonds is 2. The van der Waals surface area contributed by atoms with E-state index in [4.69, 9.17) is 5.73 Å². The Balaban J connectivity index is 2.94. The second kappa shape index (κ2) is 3.35. The molecule has 0 bridgehead atoms. The van der Waals surface area contributed by atoms with Crippen LogP contribution in [0.25, 0.3) is 0 Å². The number of hydrogen-bond donors (Lipinski definition) is 1. The molecule has 0 saturated carbocycles. The standard InChI is InChI=1S/C6H7NO4S2/c1-13(9,10)5-3-2-4(12-5)11-6(7)8/h2-3H,1H3,(H2,7,8). The van der Waals surface area contributed by atoms with Gasteiger partial charge in [-0.2, -0.15) is 0 Å². The lowest BCUT2D eigenvalue weighted by Crippen LogP contribution is -2.15. The molecule has 1 rings (SSSR count). The predicted octanol–water partition coefficient (Wildman–Crippen LogP) is 0.609. The van der Waals surface area contributed by atoms with Crippen molar-refractivity contribution in [3.05, 3.63) is 12.1 Å². The van der Waals surface area contributed by atoms with Gasteiger partial charge in [-0.1, -0.05) is 11.3 Å². The van der Waals surface area contributed by atoms with Crippen molar-refractivity contribution in [1.29, 1.82) is 0 Å². The van der Waals surface area contributed by atoms with Gasteiger partial charge in [0.2, 0.25) is 0 Å². The van der Waals surface area contributed by atoms with Crippen molar-refractivity contribution in [3.63, 3.8) is 0 Å². The molecule has 5 nitrogen and oxygen atoms in total. The van der Waals surface area contributed by atoms with Gasteiger partial charge in [-0.05, 0) is 12.1 Å². The molecule has 2 N–H and O–H groups in total. The minimum Gasteiger partial charge on any atom is -0.399 e. The maximum atomic E-state index is 11.0. The van der Waals surface area contributed by atoms with E-state index >= 15 is 0 Å². The van der Waals surface area contributed by atoms with E-state index in [9.17, 15) is 13.2 Å². The molecule has 1 heterocycles. The number of primary amides is 1. The summed E-state index contributed by atoms with van der Waals surface area (Å²) in [5.74, 6) is 0. The summed E-state index contributed by atoms with van der Waals surface area (Å²) in [6, 6.07) is 2.74. The Morgan fingerprint density at radius 1 is 1.54 bits per heavy atom. The van der Waals surface area contributed by atoms with Gasteiger partial charge in [0.1, 0.15) is 4.21 Å². The minimum atomic E-state index is -3.23. The second-order valence-corrected chi connectivity index (χ2v) is 5.56. The van der Waals surface area contributed by atoms with Crippen LogP contribution in [0, 0.1) is 0 Å². The molecular formula is C6H7NO4S2. The molecule has 0 fully saturated rings. The lowest BCUT2D eigenvalue weighted by atomic mass is 10.6. The van der Waals surface area contributed by atoms with Crippen molar-refractivity contribution >= 4 is 27.3 Å². The van der Waals surface area contributed by atoms with Crippen LogP contribution in [0.3, 0.4) is 0 Å². The highest BCUT2D eigenvalue weighted by atomic mass is 32.2. The van der Waals surface area contributed by atoms with Gasteiger partial charge in [0.15, 0.2) is 14.9 Å². The molecule has 1 aromatic rings. The van der Waals surface area contributed by atoms with Crippen LogP contribution < -0.4 is 10.5 Å². The van der Waals surface area contributed by atoms with Crippen LogP contribution in [0.5, 0.6) is 5.06 Å². The predicted molar refractivity (Wildman–Crippen MR) is 47.6 cm³/mol. The Bertz CT molecular complexity index is 420. The molecular weight excluding hydrogens is 214 g/mol. The summed E-state index contributed by atoms with van der Waals surface area (Å²) in [6.07, 6.45) is 0.120. The van der Waals surface area contributed by atoms with Crippen LogP contribution in [0.4, 0.5) is 4.79 Å². The third-order valence-electron chi connectivity index (χ3n) is 1.12. The molecule has 72 valence electrons. The van der Waals surface area contributed by atoms with E-state index in [-0.39, 0.29) is 9.27 Å². The summed E-state index contributed by atoms with van der Waals surface area (Å²) in [5.41, 5.74) is 4.74. The van der Waals surface area contributed by atoms with E-state index in [1.165, 1.54) is 12.1 Å². The Labute approximate surface area is 79.0 Å². The summed E-state index contributed by atoms with van der Waals surface area (Å²) in [6.45, 7) is 0. The number of amides is 1. The first kappa shape index (κ1) is 10.0. The van der Waals surface area contributed by atoms with Crippen LogP contribution in [0.1, 0.15) is 0 Å². The number of thiophene rings is 1. The third kappa shape index (κ3) is 2.71. The molecule has 1 aromatic heterocycles. The van der Waals surface area contributed by atoms with Crippen molar-refractivity contribution in [1.82, 2.24) is 0 Å². The number of nitrogens with two attached hydrogens (primary N) is 1. The molecule has 0 radical (unpaired) electrons. The average molecular weight is 221 g/mol. The Hall–Kier alpha value is -1.08. The van der Waals surface area contributed by atoms with Gasteiger partial charge in [0.25, 0.3) is 0 Å². The van der Waals surface area contributed by atoms with Crippen molar-refractivity contribution in [2.45, 2.75) is 4.21 Å². The summed E-state index contributed by atoms with van der Waals surface area (Å²) in [7, 11) is -3.23. The largest absolute Gasteiger partial charge is 0.410 e. The Kier molecular flexibility index (Phi) is 2.58. The minimum absolute atomic E-state index is 0.142. The van der Waals surface area contributed by atoms with Crippen molar-refractivity contribution in [2.75, 3.05) is 6.26 Å². The summed E-state index contributed by atoms with van der Waals surface area (Å²) >= 11 is 0.857. The monoisotopic (exact) mass is 221 g/mol. The van der Waals surface area contributed by atoms with Gasteiger partial charge in [0, 0.05) is 6.26 Å². The van der Waals surface area contributed by atoms with E-state index < -0.39 is 15.9 Å². The zero-order chi connectivity index (χ0) is 10.1. The van der Waals surface area contributed by atoms with E-state index in [1.807, 2.05) is 0 Å². The van der Waals surface area contributed by atoms with E-state index in [1.54, 1.807) is 0 Å². The molecule has 0 atom stereocenters. The number of ether oxygens (including phenoxy) is 1. The van der Waals surface area contributed by atoms with Crippen molar-refractivity contribution < 1.29 is 17.9 Å². The lowest BCUT2D eigenvalue weighted by molar-refractivity contribution is 0.212. The molecule has 0 saturated heterocycles. The first-order chi connectivity index (χ1) is 5.89. The second-order valence-electron chi connectivity index (χ2n) is 2.27. The van der Waals surface area contributed by atoms with Gasteiger partial charge in [0.05, 0.1) is 0 Å². The van der Waals surface area contributed by atoms with Crippen LogP contribution in [-0.4, -0.2) is 20.8 Å². The molecule has 0 aliphatic rings. The van der Waals surface area contributed by atoms with Gasteiger partial charge in [-0.15, -0.1) is 0 Å². The quantitative estimate of drug-likeness (QED) is 0.792. The summed E-state index contributed by atoms with van der Waals surface area (Å²) < 4.78 is 26.6. The molecule has 0 aliphatic carbocycles. The molecule has 1 amide bonds. The normalized spacial score (nSPS) is 11.2. The number of carbonyl (C=O) groups is 1. The molecule has 7 heteroatoms. The smallest absolute Gasteiger partial charge is 0.399 e. The van der Waals surface area contributed by atoms with Gasteiger partial charge >= 0.3 is 6.09 Å². The number of sulfone groups is 1. The zero-order valence-electron chi connectivity index (χ0n) is 6.68. The topological polar surface area (TPSA) is 86.5 Å². The van der Waals surface area contributed by atoms with E-state index in [0.29, 0.717) is 0 Å². The van der Waals surface area contributed by atoms with Crippen LogP contribution in [0.2, 0.25) is 0 Å². The highest BCUT2D eigenvalue weighted by Crippen LogP contribution is 2.27. The van der Waals surface area contributed by atoms with Gasteiger partial charge in [-0.3, -0.25) is 0 Å². The fourth-order valence-corrected chi connectivity index (χ4v) is 2.42. The van der Waals surface area contributed by atoms with Crippen molar-refractivity contribution in [3.8, 4) is 5.06 Å². The maximum absolute atomic E-state index is 11.0. The average Bonchev–Trinajstić information content (AvgIpc) is 2.32. The number of hydrogen-bond acceptors (Lipinski definition) is 5. The third-order valence-corrected chi connectivity index (χ3v) is 3.91.